The number of thioether (sulfide) groups is 1. The molecule has 41 heavy (non-hydrogen) atoms. The van der Waals surface area contributed by atoms with Gasteiger partial charge >= 0.3 is 0 Å². The van der Waals surface area contributed by atoms with Crippen molar-refractivity contribution in [1.29, 1.82) is 0 Å². The van der Waals surface area contributed by atoms with Crippen LogP contribution in [0.5, 0.6) is 5.75 Å². The number of nitrogens with zero attached hydrogens (tertiary/aromatic N) is 1. The number of ether oxygens (including phenoxy) is 2. The van der Waals surface area contributed by atoms with Crippen molar-refractivity contribution in [3.8, 4) is 28.0 Å². The molecule has 0 bridgehead atoms. The van der Waals surface area contributed by atoms with Gasteiger partial charge in [0.15, 0.2) is 6.79 Å². The average molecular weight is 567 g/mol. The monoisotopic (exact) mass is 566 g/mol. The summed E-state index contributed by atoms with van der Waals surface area (Å²) >= 11 is 1.04. The van der Waals surface area contributed by atoms with E-state index in [9.17, 15) is 14.4 Å². The third-order valence-corrected chi connectivity index (χ3v) is 7.81. The molecule has 208 valence electrons. The number of carbonyl (C=O) groups is 3. The van der Waals surface area contributed by atoms with Crippen LogP contribution in [0.1, 0.15) is 21.5 Å². The summed E-state index contributed by atoms with van der Waals surface area (Å²) in [4.78, 5) is 38.2. The summed E-state index contributed by atoms with van der Waals surface area (Å²) in [6, 6.07) is 31.5. The average Bonchev–Trinajstić information content (AvgIpc) is 3.32. The molecule has 7 nitrogen and oxygen atoms in total. The molecule has 1 aliphatic heterocycles. The molecular formula is C33H30N2O5S. The molecule has 1 saturated heterocycles. The van der Waals surface area contributed by atoms with E-state index in [4.69, 9.17) is 9.47 Å². The number of nitrogens with one attached hydrogen (secondary N) is 1. The summed E-state index contributed by atoms with van der Waals surface area (Å²) in [6.45, 7) is 0.672. The Morgan fingerprint density at radius 1 is 0.829 bits per heavy atom. The zero-order valence-electron chi connectivity index (χ0n) is 22.8. The number of carbonyl (C=O) groups excluding carboxylic acids is 3. The minimum absolute atomic E-state index is 0.0538. The molecule has 1 fully saturated rings. The molecule has 0 aliphatic carbocycles. The van der Waals surface area contributed by atoms with Crippen molar-refractivity contribution in [3.05, 3.63) is 114 Å². The molecule has 5 rings (SSSR count). The second kappa shape index (κ2) is 12.8. The normalized spacial score (nSPS) is 14.5. The van der Waals surface area contributed by atoms with Crippen LogP contribution in [0.4, 0.5) is 4.79 Å². The lowest BCUT2D eigenvalue weighted by molar-refractivity contribution is -0.118. The molecule has 1 unspecified atom stereocenters. The molecule has 1 heterocycles. The van der Waals surface area contributed by atoms with Gasteiger partial charge in [-0.1, -0.05) is 78.5 Å². The van der Waals surface area contributed by atoms with Crippen LogP contribution in [0.3, 0.4) is 0 Å². The van der Waals surface area contributed by atoms with Crippen LogP contribution in [0.2, 0.25) is 0 Å². The number of rotatable bonds is 10. The Hall–Kier alpha value is -4.40. The van der Waals surface area contributed by atoms with Gasteiger partial charge in [0.2, 0.25) is 5.91 Å². The molecule has 0 spiro atoms. The highest BCUT2D eigenvalue weighted by atomic mass is 32.2. The highest BCUT2D eigenvalue weighted by molar-refractivity contribution is 8.15. The zero-order chi connectivity index (χ0) is 28.8. The second-order valence-corrected chi connectivity index (χ2v) is 11.0. The molecule has 3 amide bonds. The van der Waals surface area contributed by atoms with Crippen molar-refractivity contribution in [1.82, 2.24) is 10.2 Å². The van der Waals surface area contributed by atoms with Crippen LogP contribution in [-0.4, -0.2) is 48.2 Å². The van der Waals surface area contributed by atoms with Crippen LogP contribution < -0.4 is 10.1 Å². The predicted molar refractivity (Wildman–Crippen MR) is 161 cm³/mol. The van der Waals surface area contributed by atoms with Gasteiger partial charge in [-0.2, -0.15) is 0 Å². The maximum absolute atomic E-state index is 13.2. The summed E-state index contributed by atoms with van der Waals surface area (Å²) in [5, 5.41) is 1.66. The maximum Gasteiger partial charge on any atom is 0.286 e. The van der Waals surface area contributed by atoms with Gasteiger partial charge in [0.25, 0.3) is 11.1 Å². The fourth-order valence-corrected chi connectivity index (χ4v) is 5.53. The van der Waals surface area contributed by atoms with Crippen molar-refractivity contribution < 1.29 is 23.9 Å². The van der Waals surface area contributed by atoms with Gasteiger partial charge in [-0.25, -0.2) is 0 Å². The van der Waals surface area contributed by atoms with E-state index in [0.29, 0.717) is 18.5 Å². The highest BCUT2D eigenvalue weighted by Crippen LogP contribution is 2.27. The number of hydrogen-bond donors (Lipinski definition) is 1. The molecule has 1 aliphatic rings. The highest BCUT2D eigenvalue weighted by Gasteiger charge is 2.31. The fourth-order valence-electron chi connectivity index (χ4n) is 4.67. The number of amides is 3. The van der Waals surface area contributed by atoms with Crippen molar-refractivity contribution in [2.75, 3.05) is 21.0 Å². The first kappa shape index (κ1) is 28.1. The fraction of sp³-hybridized carbons (Fsp3) is 0.182. The van der Waals surface area contributed by atoms with Crippen LogP contribution in [0, 0.1) is 0 Å². The first-order valence-electron chi connectivity index (χ1n) is 13.2. The third-order valence-electron chi connectivity index (χ3n) is 6.83. The Kier molecular flexibility index (Phi) is 8.82. The Bertz CT molecular complexity index is 1540. The molecule has 1 atom stereocenters. The van der Waals surface area contributed by atoms with E-state index in [-0.39, 0.29) is 29.1 Å². The third kappa shape index (κ3) is 7.03. The van der Waals surface area contributed by atoms with Crippen molar-refractivity contribution in [2.45, 2.75) is 18.2 Å². The van der Waals surface area contributed by atoms with Crippen molar-refractivity contribution in [2.24, 2.45) is 0 Å². The van der Waals surface area contributed by atoms with Crippen molar-refractivity contribution >= 4 is 28.8 Å². The number of hydrogen-bond acceptors (Lipinski definition) is 6. The molecule has 4 aromatic carbocycles. The van der Waals surface area contributed by atoms with Gasteiger partial charge in [0, 0.05) is 26.3 Å². The summed E-state index contributed by atoms with van der Waals surface area (Å²) in [6.07, 6.45) is 0.507. The molecule has 0 aromatic heterocycles. The SMILES string of the molecule is COCOc1ccc(-c2ccc(C(=O)N(C)Cc3cccc(-c4ccc(CC5SC(=O)NC5=O)cc4)c3)cc2)cc1. The van der Waals surface area contributed by atoms with Crippen molar-refractivity contribution in [3.63, 3.8) is 0 Å². The first-order valence-corrected chi connectivity index (χ1v) is 14.0. The Morgan fingerprint density at radius 2 is 1.46 bits per heavy atom. The minimum atomic E-state index is -0.381. The van der Waals surface area contributed by atoms with E-state index in [1.165, 1.54) is 0 Å². The predicted octanol–water partition coefficient (Wildman–Crippen LogP) is 6.17. The maximum atomic E-state index is 13.2. The Labute approximate surface area is 243 Å². The van der Waals surface area contributed by atoms with Crippen LogP contribution in [0.25, 0.3) is 22.3 Å². The van der Waals surface area contributed by atoms with Gasteiger partial charge in [0.05, 0.1) is 5.25 Å². The standard InChI is InChI=1S/C33H30N2O5S/c1-35(32(37)27-12-10-24(11-13-27)25-14-16-29(17-15-25)40-21-39-2)20-23-4-3-5-28(18-23)26-8-6-22(7-9-26)19-30-31(36)34-33(38)41-30/h3-18,30H,19-21H2,1-2H3,(H,34,36,38). The molecule has 0 radical (unpaired) electrons. The Morgan fingerprint density at radius 3 is 2.10 bits per heavy atom. The summed E-state index contributed by atoms with van der Waals surface area (Å²) < 4.78 is 10.4. The Balaban J connectivity index is 1.20. The lowest BCUT2D eigenvalue weighted by Crippen LogP contribution is -2.26. The molecule has 4 aromatic rings. The zero-order valence-corrected chi connectivity index (χ0v) is 23.6. The summed E-state index contributed by atoms with van der Waals surface area (Å²) in [5.74, 6) is 0.449. The number of benzene rings is 4. The summed E-state index contributed by atoms with van der Waals surface area (Å²) in [5.41, 5.74) is 6.77. The van der Waals surface area contributed by atoms with Crippen LogP contribution in [-0.2, 0) is 22.5 Å². The lowest BCUT2D eigenvalue weighted by atomic mass is 10.00. The van der Waals surface area contributed by atoms with Gasteiger partial charge in [-0.3, -0.25) is 19.7 Å². The van der Waals surface area contributed by atoms with Crippen LogP contribution in [0.15, 0.2) is 97.1 Å². The molecular weight excluding hydrogens is 536 g/mol. The van der Waals surface area contributed by atoms with Gasteiger partial charge < -0.3 is 14.4 Å². The largest absolute Gasteiger partial charge is 0.468 e. The molecule has 8 heteroatoms. The van der Waals surface area contributed by atoms with E-state index in [2.05, 4.69) is 11.4 Å². The number of imide groups is 1. The number of methoxy groups -OCH3 is 1. The van der Waals surface area contributed by atoms with Gasteiger partial charge in [0.1, 0.15) is 5.75 Å². The van der Waals surface area contributed by atoms with E-state index < -0.39 is 0 Å². The smallest absolute Gasteiger partial charge is 0.286 e. The van der Waals surface area contributed by atoms with E-state index in [1.54, 1.807) is 19.1 Å². The van der Waals surface area contributed by atoms with Crippen LogP contribution >= 0.6 is 11.8 Å². The molecule has 0 saturated carbocycles. The van der Waals surface area contributed by atoms with E-state index >= 15 is 0 Å². The minimum Gasteiger partial charge on any atom is -0.468 e. The second-order valence-electron chi connectivity index (χ2n) is 9.80. The van der Waals surface area contributed by atoms with Gasteiger partial charge in [-0.05, 0) is 70.1 Å². The molecule has 1 N–H and O–H groups in total. The van der Waals surface area contributed by atoms with E-state index in [0.717, 1.165) is 50.9 Å². The van der Waals surface area contributed by atoms with Gasteiger partial charge in [-0.15, -0.1) is 0 Å². The first-order chi connectivity index (χ1) is 19.9. The topological polar surface area (TPSA) is 84.9 Å². The quantitative estimate of drug-likeness (QED) is 0.231. The van der Waals surface area contributed by atoms with E-state index in [1.807, 2.05) is 91.0 Å². The summed E-state index contributed by atoms with van der Waals surface area (Å²) in [7, 11) is 3.39. The lowest BCUT2D eigenvalue weighted by Gasteiger charge is -2.18.